The van der Waals surface area contributed by atoms with Crippen LogP contribution in [0.15, 0.2) is 15.9 Å². The van der Waals surface area contributed by atoms with Gasteiger partial charge in [0.25, 0.3) is 0 Å². The van der Waals surface area contributed by atoms with Gasteiger partial charge in [0, 0.05) is 11.4 Å². The monoisotopic (exact) mass is 321 g/mol. The van der Waals surface area contributed by atoms with Crippen molar-refractivity contribution in [2.75, 3.05) is 6.54 Å². The number of nitrogens with one attached hydrogen (secondary N) is 1. The molecule has 0 bridgehead atoms. The van der Waals surface area contributed by atoms with Gasteiger partial charge in [-0.25, -0.2) is 0 Å². The number of thiophene rings is 1. The van der Waals surface area contributed by atoms with Gasteiger partial charge in [0.1, 0.15) is 0 Å². The Hall–Kier alpha value is -0.0000000000000000833. The lowest BCUT2D eigenvalue weighted by Crippen LogP contribution is -2.35. The normalized spacial score (nSPS) is 12.8. The highest BCUT2D eigenvalue weighted by molar-refractivity contribution is 9.11. The van der Waals surface area contributed by atoms with Crippen LogP contribution in [0.25, 0.3) is 0 Å². The molecule has 0 aliphatic heterocycles. The van der Waals surface area contributed by atoms with Crippen LogP contribution in [0.1, 0.15) is 18.7 Å². The molecule has 1 unspecified atom stereocenters. The topological polar surface area (TPSA) is 29.1 Å². The number of carbonyl (C=O) groups excluding carboxylic acids is 1. The van der Waals surface area contributed by atoms with Gasteiger partial charge in [-0.3, -0.25) is 4.79 Å². The minimum Gasteiger partial charge on any atom is -0.355 e. The molecule has 5 heteroatoms. The molecule has 1 amide bonds. The van der Waals surface area contributed by atoms with E-state index in [1.165, 1.54) is 4.88 Å². The largest absolute Gasteiger partial charge is 0.355 e. The summed E-state index contributed by atoms with van der Waals surface area (Å²) in [6.07, 6.45) is 0.876. The summed E-state index contributed by atoms with van der Waals surface area (Å²) in [4.78, 5) is 12.9. The molecule has 0 saturated heterocycles. The van der Waals surface area contributed by atoms with Crippen molar-refractivity contribution < 1.29 is 4.79 Å². The van der Waals surface area contributed by atoms with Crippen molar-refractivity contribution in [3.05, 3.63) is 20.8 Å². The minimum atomic E-state index is -0.213. The molecule has 1 heterocycles. The summed E-state index contributed by atoms with van der Waals surface area (Å²) in [5, 5.41) is 2.68. The fourth-order valence-electron chi connectivity index (χ4n) is 1.20. The number of rotatable bonds is 5. The number of halogens is 1. The Morgan fingerprint density at radius 3 is 2.75 bits per heavy atom. The third kappa shape index (κ3) is 4.47. The van der Waals surface area contributed by atoms with Gasteiger partial charge >= 0.3 is 0 Å². The predicted molar refractivity (Wildman–Crippen MR) is 76.3 cm³/mol. The Balaban J connectivity index is 2.28. The van der Waals surface area contributed by atoms with Crippen molar-refractivity contribution in [1.82, 2.24) is 5.32 Å². The van der Waals surface area contributed by atoms with Gasteiger partial charge in [-0.1, -0.05) is 13.8 Å². The molecule has 0 spiro atoms. The summed E-state index contributed by atoms with van der Waals surface area (Å²) in [6.45, 7) is 4.66. The minimum absolute atomic E-state index is 0.0222. The van der Waals surface area contributed by atoms with E-state index >= 15 is 0 Å². The molecule has 2 nitrogen and oxygen atoms in total. The number of hydrogen-bond acceptors (Lipinski definition) is 3. The smallest absolute Gasteiger partial charge is 0.233 e. The number of thiol groups is 1. The Morgan fingerprint density at radius 1 is 1.56 bits per heavy atom. The summed E-state index contributed by atoms with van der Waals surface area (Å²) < 4.78 is 1.13. The lowest BCUT2D eigenvalue weighted by molar-refractivity contribution is -0.121. The molecule has 90 valence electrons. The Morgan fingerprint density at radius 2 is 2.25 bits per heavy atom. The Bertz CT molecular complexity index is 352. The van der Waals surface area contributed by atoms with Crippen LogP contribution in [0.5, 0.6) is 0 Å². The zero-order valence-electron chi connectivity index (χ0n) is 9.37. The van der Waals surface area contributed by atoms with E-state index < -0.39 is 0 Å². The SMILES string of the molecule is CC(C)C(S)C(=O)NCCc1ccc(Br)s1. The van der Waals surface area contributed by atoms with Crippen LogP contribution in [-0.4, -0.2) is 17.7 Å². The molecule has 0 aliphatic carbocycles. The quantitative estimate of drug-likeness (QED) is 0.801. The predicted octanol–water partition coefficient (Wildman–Crippen LogP) is 3.12. The highest BCUT2D eigenvalue weighted by Crippen LogP contribution is 2.22. The third-order valence-corrected chi connectivity index (χ3v) is 4.71. The molecule has 1 aromatic heterocycles. The second-order valence-electron chi connectivity index (χ2n) is 3.94. The van der Waals surface area contributed by atoms with E-state index in [4.69, 9.17) is 0 Å². The van der Waals surface area contributed by atoms with Gasteiger partial charge in [0.05, 0.1) is 9.04 Å². The van der Waals surface area contributed by atoms with Crippen molar-refractivity contribution in [3.63, 3.8) is 0 Å². The van der Waals surface area contributed by atoms with Crippen molar-refractivity contribution in [3.8, 4) is 0 Å². The van der Waals surface area contributed by atoms with Gasteiger partial charge in [-0.15, -0.1) is 11.3 Å². The molecule has 1 N–H and O–H groups in total. The summed E-state index contributed by atoms with van der Waals surface area (Å²) in [5.41, 5.74) is 0. The van der Waals surface area contributed by atoms with Crippen LogP contribution >= 0.6 is 39.9 Å². The van der Waals surface area contributed by atoms with Gasteiger partial charge < -0.3 is 5.32 Å². The van der Waals surface area contributed by atoms with Crippen molar-refractivity contribution >= 4 is 45.8 Å². The van der Waals surface area contributed by atoms with Crippen molar-refractivity contribution in [1.29, 1.82) is 0 Å². The zero-order chi connectivity index (χ0) is 12.1. The van der Waals surface area contributed by atoms with Gasteiger partial charge in [0.2, 0.25) is 5.91 Å². The molecule has 0 saturated carbocycles. The molecule has 0 aliphatic rings. The first kappa shape index (κ1) is 14.1. The number of carbonyl (C=O) groups is 1. The molecule has 0 fully saturated rings. The Kier molecular flexibility index (Phi) is 5.86. The molecular formula is C11H16BrNOS2. The summed E-state index contributed by atoms with van der Waals surface area (Å²) in [7, 11) is 0. The summed E-state index contributed by atoms with van der Waals surface area (Å²) in [5.74, 6) is 0.285. The van der Waals surface area contributed by atoms with Crippen LogP contribution in [0.2, 0.25) is 0 Å². The fourth-order valence-corrected chi connectivity index (χ4v) is 2.78. The molecule has 0 aromatic carbocycles. The van der Waals surface area contributed by atoms with Crippen LogP contribution in [0, 0.1) is 5.92 Å². The van der Waals surface area contributed by atoms with E-state index in [-0.39, 0.29) is 17.1 Å². The molecule has 16 heavy (non-hydrogen) atoms. The van der Waals surface area contributed by atoms with E-state index in [1.54, 1.807) is 11.3 Å². The average molecular weight is 322 g/mol. The number of hydrogen-bond donors (Lipinski definition) is 2. The second kappa shape index (κ2) is 6.67. The first-order valence-electron chi connectivity index (χ1n) is 5.20. The Labute approximate surface area is 114 Å². The highest BCUT2D eigenvalue weighted by atomic mass is 79.9. The van der Waals surface area contributed by atoms with Crippen LogP contribution in [0.4, 0.5) is 0 Å². The van der Waals surface area contributed by atoms with Crippen LogP contribution < -0.4 is 5.32 Å². The van der Waals surface area contributed by atoms with E-state index in [1.807, 2.05) is 19.9 Å². The maximum Gasteiger partial charge on any atom is 0.233 e. The first-order valence-corrected chi connectivity index (χ1v) is 7.33. The molecular weight excluding hydrogens is 306 g/mol. The number of amides is 1. The maximum atomic E-state index is 11.6. The third-order valence-electron chi connectivity index (χ3n) is 2.20. The lowest BCUT2D eigenvalue weighted by Gasteiger charge is -2.14. The fraction of sp³-hybridized carbons (Fsp3) is 0.545. The highest BCUT2D eigenvalue weighted by Gasteiger charge is 2.16. The standard InChI is InChI=1S/C11H16BrNOS2/c1-7(2)10(15)11(14)13-6-5-8-3-4-9(12)16-8/h3-4,7,10,15H,5-6H2,1-2H3,(H,13,14). The van der Waals surface area contributed by atoms with Crippen molar-refractivity contribution in [2.45, 2.75) is 25.5 Å². The van der Waals surface area contributed by atoms with E-state index in [2.05, 4.69) is 39.9 Å². The van der Waals surface area contributed by atoms with Crippen LogP contribution in [0.3, 0.4) is 0 Å². The van der Waals surface area contributed by atoms with E-state index in [0.717, 1.165) is 10.2 Å². The van der Waals surface area contributed by atoms with Gasteiger partial charge in [0.15, 0.2) is 0 Å². The molecule has 0 radical (unpaired) electrons. The van der Waals surface area contributed by atoms with E-state index in [0.29, 0.717) is 6.54 Å². The lowest BCUT2D eigenvalue weighted by atomic mass is 10.1. The van der Waals surface area contributed by atoms with Gasteiger partial charge in [-0.05, 0) is 40.4 Å². The summed E-state index contributed by atoms with van der Waals surface area (Å²) in [6, 6.07) is 4.10. The first-order chi connectivity index (χ1) is 7.50. The molecule has 1 atom stereocenters. The average Bonchev–Trinajstić information content (AvgIpc) is 2.62. The van der Waals surface area contributed by atoms with Crippen molar-refractivity contribution in [2.24, 2.45) is 5.92 Å². The maximum absolute atomic E-state index is 11.6. The molecule has 1 aromatic rings. The zero-order valence-corrected chi connectivity index (χ0v) is 12.7. The summed E-state index contributed by atoms with van der Waals surface area (Å²) >= 11 is 9.38. The van der Waals surface area contributed by atoms with Crippen LogP contribution in [-0.2, 0) is 11.2 Å². The van der Waals surface area contributed by atoms with Gasteiger partial charge in [-0.2, -0.15) is 12.6 Å². The van der Waals surface area contributed by atoms with E-state index in [9.17, 15) is 4.79 Å². The second-order valence-corrected chi connectivity index (χ2v) is 7.04. The molecule has 1 rings (SSSR count).